The normalized spacial score (nSPS) is 12.5. The number of nitrogens with zero attached hydrogens (tertiary/aromatic N) is 2. The van der Waals surface area contributed by atoms with E-state index in [1.54, 1.807) is 37.3 Å². The summed E-state index contributed by atoms with van der Waals surface area (Å²) in [5.74, 6) is -0.976. The topological polar surface area (TPSA) is 86.8 Å². The van der Waals surface area contributed by atoms with Crippen molar-refractivity contribution in [2.45, 2.75) is 24.4 Å². The predicted octanol–water partition coefficient (Wildman–Crippen LogP) is 3.93. The third-order valence-corrected chi connectivity index (χ3v) is 8.10. The van der Waals surface area contributed by atoms with Crippen molar-refractivity contribution in [2.75, 3.05) is 20.6 Å². The van der Waals surface area contributed by atoms with Gasteiger partial charge in [0.2, 0.25) is 21.8 Å². The van der Waals surface area contributed by atoms with Crippen LogP contribution in [0.2, 0.25) is 10.0 Å². The van der Waals surface area contributed by atoms with E-state index in [1.807, 2.05) is 24.3 Å². The number of likely N-dealkylation sites (N-methyl/N-ethyl adjacent to an activating group) is 2. The van der Waals surface area contributed by atoms with Crippen molar-refractivity contribution < 1.29 is 18.0 Å². The van der Waals surface area contributed by atoms with Crippen molar-refractivity contribution in [1.29, 1.82) is 0 Å². The molecule has 0 aliphatic rings. The molecule has 3 aromatic rings. The largest absolute Gasteiger partial charge is 0.357 e. The van der Waals surface area contributed by atoms with Crippen LogP contribution >= 0.6 is 23.2 Å². The Hall–Kier alpha value is -2.65. The van der Waals surface area contributed by atoms with Gasteiger partial charge in [-0.2, -0.15) is 4.31 Å². The number of hydrogen-bond donors (Lipinski definition) is 1. The number of carbonyl (C=O) groups is 2. The number of hydrogen-bond acceptors (Lipinski definition) is 4. The molecule has 0 aromatic heterocycles. The Balaban J connectivity index is 1.88. The van der Waals surface area contributed by atoms with E-state index in [0.29, 0.717) is 15.6 Å². The third-order valence-electron chi connectivity index (χ3n) is 5.59. The molecule has 0 saturated heterocycles. The third kappa shape index (κ3) is 5.52. The number of carbonyl (C=O) groups excluding carboxylic acids is 2. The molecule has 0 spiro atoms. The first-order valence-electron chi connectivity index (χ1n) is 10.5. The average molecular weight is 522 g/mol. The van der Waals surface area contributed by atoms with Crippen LogP contribution in [0, 0.1) is 0 Å². The first-order chi connectivity index (χ1) is 16.1. The predicted molar refractivity (Wildman–Crippen MR) is 134 cm³/mol. The van der Waals surface area contributed by atoms with Gasteiger partial charge in [-0.3, -0.25) is 9.59 Å². The van der Waals surface area contributed by atoms with Crippen molar-refractivity contribution in [2.24, 2.45) is 0 Å². The minimum Gasteiger partial charge on any atom is -0.357 e. The lowest BCUT2D eigenvalue weighted by Crippen LogP contribution is -2.50. The first kappa shape index (κ1) is 26.0. The summed E-state index contributed by atoms with van der Waals surface area (Å²) in [4.78, 5) is 27.0. The summed E-state index contributed by atoms with van der Waals surface area (Å²) < 4.78 is 27.4. The molecule has 3 aromatic carbocycles. The number of amides is 2. The van der Waals surface area contributed by atoms with Crippen molar-refractivity contribution in [1.82, 2.24) is 14.5 Å². The van der Waals surface area contributed by atoms with E-state index >= 15 is 0 Å². The monoisotopic (exact) mass is 521 g/mol. The first-order valence-corrected chi connectivity index (χ1v) is 12.6. The highest BCUT2D eigenvalue weighted by atomic mass is 35.5. The van der Waals surface area contributed by atoms with Gasteiger partial charge in [0, 0.05) is 36.2 Å². The van der Waals surface area contributed by atoms with Gasteiger partial charge < -0.3 is 10.2 Å². The standard InChI is InChI=1S/C24H25Cl2N3O4S/c1-16(24(31)27-2)29(14-20-21(25)9-6-10-22(20)26)23(30)15-28(3)34(32,33)19-12-11-17-7-4-5-8-18(17)13-19/h4-13,16H,14-15H2,1-3H3,(H,27,31)/t16-/m1/s1. The van der Waals surface area contributed by atoms with Gasteiger partial charge in [-0.25, -0.2) is 8.42 Å². The molecule has 1 atom stereocenters. The second-order valence-corrected chi connectivity index (χ2v) is 10.6. The molecule has 0 aliphatic heterocycles. The Bertz CT molecular complexity index is 1310. The highest BCUT2D eigenvalue weighted by Gasteiger charge is 2.30. The summed E-state index contributed by atoms with van der Waals surface area (Å²) >= 11 is 12.5. The number of fused-ring (bicyclic) bond motifs is 1. The maximum Gasteiger partial charge on any atom is 0.243 e. The van der Waals surface area contributed by atoms with Crippen molar-refractivity contribution >= 4 is 55.8 Å². The van der Waals surface area contributed by atoms with Gasteiger partial charge in [-0.05, 0) is 42.0 Å². The summed E-state index contributed by atoms with van der Waals surface area (Å²) in [7, 11) is -1.18. The lowest BCUT2D eigenvalue weighted by Gasteiger charge is -2.30. The van der Waals surface area contributed by atoms with E-state index in [2.05, 4.69) is 5.32 Å². The summed E-state index contributed by atoms with van der Waals surface area (Å²) in [6.07, 6.45) is 0. The van der Waals surface area contributed by atoms with Gasteiger partial charge >= 0.3 is 0 Å². The smallest absolute Gasteiger partial charge is 0.243 e. The van der Waals surface area contributed by atoms with Crippen molar-refractivity contribution in [3.05, 3.63) is 76.3 Å². The highest BCUT2D eigenvalue weighted by molar-refractivity contribution is 7.89. The number of benzene rings is 3. The Kier molecular flexibility index (Phi) is 8.20. The van der Waals surface area contributed by atoms with E-state index in [4.69, 9.17) is 23.2 Å². The Morgan fingerprint density at radius 2 is 1.59 bits per heavy atom. The van der Waals surface area contributed by atoms with Crippen molar-refractivity contribution in [3.8, 4) is 0 Å². The molecular formula is C24H25Cl2N3O4S. The van der Waals surface area contributed by atoms with E-state index < -0.39 is 34.4 Å². The molecule has 34 heavy (non-hydrogen) atoms. The number of halogens is 2. The summed E-state index contributed by atoms with van der Waals surface area (Å²) in [5, 5.41) is 4.86. The molecule has 0 saturated carbocycles. The number of sulfonamides is 1. The quantitative estimate of drug-likeness (QED) is 0.486. The lowest BCUT2D eigenvalue weighted by molar-refractivity contribution is -0.140. The van der Waals surface area contributed by atoms with Crippen LogP contribution in [0.3, 0.4) is 0 Å². The molecular weight excluding hydrogens is 497 g/mol. The maximum atomic E-state index is 13.3. The molecule has 0 fully saturated rings. The molecule has 0 unspecified atom stereocenters. The zero-order valence-corrected chi connectivity index (χ0v) is 21.3. The van der Waals surface area contributed by atoms with E-state index in [9.17, 15) is 18.0 Å². The number of rotatable bonds is 8. The van der Waals surface area contributed by atoms with E-state index in [0.717, 1.165) is 15.1 Å². The molecule has 7 nitrogen and oxygen atoms in total. The van der Waals surface area contributed by atoms with Gasteiger partial charge in [0.25, 0.3) is 0 Å². The summed E-state index contributed by atoms with van der Waals surface area (Å²) in [6, 6.07) is 16.2. The van der Waals surface area contributed by atoms with Crippen LogP contribution in [-0.4, -0.2) is 56.1 Å². The van der Waals surface area contributed by atoms with Gasteiger partial charge in [0.1, 0.15) is 6.04 Å². The number of nitrogens with one attached hydrogen (secondary N) is 1. The molecule has 2 amide bonds. The van der Waals surface area contributed by atoms with E-state index in [-0.39, 0.29) is 11.4 Å². The minimum absolute atomic E-state index is 0.0597. The van der Waals surface area contributed by atoms with Crippen LogP contribution in [0.15, 0.2) is 65.6 Å². The van der Waals surface area contributed by atoms with Crippen molar-refractivity contribution in [3.63, 3.8) is 0 Å². The minimum atomic E-state index is -3.97. The zero-order valence-electron chi connectivity index (χ0n) is 19.0. The van der Waals surface area contributed by atoms with Crippen LogP contribution in [0.4, 0.5) is 0 Å². The van der Waals surface area contributed by atoms with Gasteiger partial charge in [0.15, 0.2) is 0 Å². The van der Waals surface area contributed by atoms with Gasteiger partial charge in [0.05, 0.1) is 11.4 Å². The molecule has 0 bridgehead atoms. The molecule has 10 heteroatoms. The SMILES string of the molecule is CNC(=O)[C@@H](C)N(Cc1c(Cl)cccc1Cl)C(=O)CN(C)S(=O)(=O)c1ccc2ccccc2c1. The van der Waals surface area contributed by atoms with Crippen LogP contribution in [-0.2, 0) is 26.2 Å². The summed E-state index contributed by atoms with van der Waals surface area (Å²) in [6.45, 7) is 1.02. The summed E-state index contributed by atoms with van der Waals surface area (Å²) in [5.41, 5.74) is 0.468. The molecule has 0 radical (unpaired) electrons. The second-order valence-electron chi connectivity index (χ2n) is 7.78. The fourth-order valence-electron chi connectivity index (χ4n) is 3.52. The van der Waals surface area contributed by atoms with Gasteiger partial charge in [-0.1, -0.05) is 59.6 Å². The Morgan fingerprint density at radius 1 is 0.971 bits per heavy atom. The molecule has 180 valence electrons. The zero-order chi connectivity index (χ0) is 25.0. The highest BCUT2D eigenvalue weighted by Crippen LogP contribution is 2.27. The van der Waals surface area contributed by atoms with Crippen LogP contribution in [0.25, 0.3) is 10.8 Å². The molecule has 1 N–H and O–H groups in total. The van der Waals surface area contributed by atoms with Crippen LogP contribution in [0.5, 0.6) is 0 Å². The lowest BCUT2D eigenvalue weighted by atomic mass is 10.1. The Labute approximate surface area is 209 Å². The fraction of sp³-hybridized carbons (Fsp3) is 0.250. The molecule has 0 heterocycles. The van der Waals surface area contributed by atoms with Gasteiger partial charge in [-0.15, -0.1) is 0 Å². The fourth-order valence-corrected chi connectivity index (χ4v) is 5.19. The molecule has 3 rings (SSSR count). The van der Waals surface area contributed by atoms with Crippen LogP contribution < -0.4 is 5.32 Å². The maximum absolute atomic E-state index is 13.3. The van der Waals surface area contributed by atoms with Crippen LogP contribution in [0.1, 0.15) is 12.5 Å². The molecule has 0 aliphatic carbocycles. The van der Waals surface area contributed by atoms with E-state index in [1.165, 1.54) is 25.1 Å². The Morgan fingerprint density at radius 3 is 2.21 bits per heavy atom. The second kappa shape index (κ2) is 10.7. The average Bonchev–Trinajstić information content (AvgIpc) is 2.82.